The van der Waals surface area contributed by atoms with E-state index in [9.17, 15) is 4.79 Å². The number of hydrogen-bond donors (Lipinski definition) is 0. The van der Waals surface area contributed by atoms with Crippen molar-refractivity contribution in [2.45, 2.75) is 33.6 Å². The molecule has 0 amide bonds. The van der Waals surface area contributed by atoms with Crippen LogP contribution in [0.5, 0.6) is 0 Å². The number of hydroxylamine groups is 2. The minimum Gasteiger partial charge on any atom is -0.384 e. The number of methoxy groups -OCH3 is 1. The molecule has 94 valence electrons. The molecule has 0 radical (unpaired) electrons. The third-order valence-electron chi connectivity index (χ3n) is 2.71. The summed E-state index contributed by atoms with van der Waals surface area (Å²) >= 11 is 0. The number of ether oxygens (including phenoxy) is 1. The topological polar surface area (TPSA) is 38.8 Å². The normalized spacial score (nSPS) is 23.1. The van der Waals surface area contributed by atoms with Crippen LogP contribution in [0.1, 0.15) is 33.6 Å². The van der Waals surface area contributed by atoms with Gasteiger partial charge in [-0.15, -0.1) is 5.06 Å². The smallest absolute Gasteiger partial charge is 0.330 e. The minimum absolute atomic E-state index is 0.162. The maximum absolute atomic E-state index is 11.7. The van der Waals surface area contributed by atoms with Crippen molar-refractivity contribution in [1.82, 2.24) is 5.06 Å². The van der Waals surface area contributed by atoms with E-state index in [0.29, 0.717) is 5.92 Å². The van der Waals surface area contributed by atoms with Gasteiger partial charge in [-0.2, -0.15) is 0 Å². The monoisotopic (exact) mass is 229 g/mol. The molecule has 1 heterocycles. The Bertz CT molecular complexity index is 233. The van der Waals surface area contributed by atoms with E-state index in [4.69, 9.17) is 9.57 Å². The molecule has 0 aromatic rings. The van der Waals surface area contributed by atoms with Crippen LogP contribution in [0.4, 0.5) is 0 Å². The molecule has 0 N–H and O–H groups in total. The van der Waals surface area contributed by atoms with Crippen molar-refractivity contribution in [3.05, 3.63) is 0 Å². The molecule has 0 saturated carbocycles. The van der Waals surface area contributed by atoms with Crippen LogP contribution in [0.25, 0.3) is 0 Å². The van der Waals surface area contributed by atoms with Crippen LogP contribution in [-0.2, 0) is 14.4 Å². The molecule has 1 fully saturated rings. The molecule has 0 aromatic carbocycles. The highest BCUT2D eigenvalue weighted by Crippen LogP contribution is 2.20. The Morgan fingerprint density at radius 2 is 2.12 bits per heavy atom. The second-order valence-electron chi connectivity index (χ2n) is 5.48. The minimum atomic E-state index is -0.436. The Morgan fingerprint density at radius 1 is 1.44 bits per heavy atom. The summed E-state index contributed by atoms with van der Waals surface area (Å²) in [5.41, 5.74) is -0.436. The third kappa shape index (κ3) is 4.10. The molecule has 0 bridgehead atoms. The summed E-state index contributed by atoms with van der Waals surface area (Å²) in [4.78, 5) is 17.1. The van der Waals surface area contributed by atoms with E-state index >= 15 is 0 Å². The van der Waals surface area contributed by atoms with Crippen molar-refractivity contribution < 1.29 is 14.4 Å². The van der Waals surface area contributed by atoms with Gasteiger partial charge in [0.25, 0.3) is 0 Å². The first-order valence-electron chi connectivity index (χ1n) is 5.89. The van der Waals surface area contributed by atoms with E-state index < -0.39 is 5.41 Å². The molecule has 1 rings (SSSR count). The zero-order valence-corrected chi connectivity index (χ0v) is 10.8. The van der Waals surface area contributed by atoms with E-state index in [-0.39, 0.29) is 5.97 Å². The SMILES string of the molecule is COCC1CCCN(OC(=O)C(C)(C)C)C1. The van der Waals surface area contributed by atoms with Crippen molar-refractivity contribution in [3.8, 4) is 0 Å². The van der Waals surface area contributed by atoms with Gasteiger partial charge in [-0.05, 0) is 39.5 Å². The highest BCUT2D eigenvalue weighted by Gasteiger charge is 2.28. The van der Waals surface area contributed by atoms with Crippen molar-refractivity contribution in [1.29, 1.82) is 0 Å². The number of rotatable bonds is 3. The fourth-order valence-electron chi connectivity index (χ4n) is 1.74. The fourth-order valence-corrected chi connectivity index (χ4v) is 1.74. The van der Waals surface area contributed by atoms with Crippen LogP contribution in [0, 0.1) is 11.3 Å². The molecule has 1 aliphatic rings. The Kier molecular flexibility index (Phi) is 4.74. The van der Waals surface area contributed by atoms with Crippen LogP contribution in [-0.4, -0.2) is 37.8 Å². The number of carbonyl (C=O) groups is 1. The summed E-state index contributed by atoms with van der Waals surface area (Å²) in [6, 6.07) is 0. The van der Waals surface area contributed by atoms with Crippen LogP contribution < -0.4 is 0 Å². The highest BCUT2D eigenvalue weighted by molar-refractivity contribution is 5.75. The van der Waals surface area contributed by atoms with Gasteiger partial charge in [-0.3, -0.25) is 0 Å². The first kappa shape index (κ1) is 13.5. The quantitative estimate of drug-likeness (QED) is 0.740. The third-order valence-corrected chi connectivity index (χ3v) is 2.71. The van der Waals surface area contributed by atoms with Gasteiger partial charge in [-0.25, -0.2) is 4.79 Å². The second-order valence-corrected chi connectivity index (χ2v) is 5.48. The van der Waals surface area contributed by atoms with E-state index in [2.05, 4.69) is 0 Å². The standard InChI is InChI=1S/C12H23NO3/c1-12(2,3)11(14)16-13-7-5-6-10(8-13)9-15-4/h10H,5-9H2,1-4H3. The number of nitrogens with zero attached hydrogens (tertiary/aromatic N) is 1. The predicted molar refractivity (Wildman–Crippen MR) is 61.7 cm³/mol. The lowest BCUT2D eigenvalue weighted by atomic mass is 9.97. The number of carbonyl (C=O) groups excluding carboxylic acids is 1. The Morgan fingerprint density at radius 3 is 2.69 bits per heavy atom. The van der Waals surface area contributed by atoms with E-state index in [1.807, 2.05) is 20.8 Å². The fraction of sp³-hybridized carbons (Fsp3) is 0.917. The van der Waals surface area contributed by atoms with Gasteiger partial charge in [0, 0.05) is 20.2 Å². The summed E-state index contributed by atoms with van der Waals surface area (Å²) in [6.45, 7) is 7.96. The summed E-state index contributed by atoms with van der Waals surface area (Å²) in [5, 5.41) is 1.78. The lowest BCUT2D eigenvalue weighted by Crippen LogP contribution is -2.41. The zero-order valence-electron chi connectivity index (χ0n) is 10.8. The predicted octanol–water partition coefficient (Wildman–Crippen LogP) is 1.85. The molecular formula is C12H23NO3. The molecular weight excluding hydrogens is 206 g/mol. The van der Waals surface area contributed by atoms with E-state index in [0.717, 1.165) is 32.5 Å². The molecule has 0 aromatic heterocycles. The average molecular weight is 229 g/mol. The first-order chi connectivity index (χ1) is 7.43. The summed E-state index contributed by atoms with van der Waals surface area (Å²) in [7, 11) is 1.71. The van der Waals surface area contributed by atoms with Gasteiger partial charge in [-0.1, -0.05) is 0 Å². The number of hydrogen-bond acceptors (Lipinski definition) is 4. The highest BCUT2D eigenvalue weighted by atomic mass is 16.7. The van der Waals surface area contributed by atoms with Gasteiger partial charge in [0.15, 0.2) is 0 Å². The molecule has 4 heteroatoms. The van der Waals surface area contributed by atoms with Gasteiger partial charge < -0.3 is 9.57 Å². The molecule has 0 aliphatic carbocycles. The van der Waals surface area contributed by atoms with Crippen LogP contribution >= 0.6 is 0 Å². The van der Waals surface area contributed by atoms with Crippen molar-refractivity contribution in [3.63, 3.8) is 0 Å². The zero-order chi connectivity index (χ0) is 12.2. The summed E-state index contributed by atoms with van der Waals surface area (Å²) < 4.78 is 5.13. The van der Waals surface area contributed by atoms with Crippen molar-refractivity contribution >= 4 is 5.97 Å². The number of piperidine rings is 1. The summed E-state index contributed by atoms with van der Waals surface area (Å²) in [6.07, 6.45) is 2.21. The average Bonchev–Trinajstić information content (AvgIpc) is 2.17. The largest absolute Gasteiger partial charge is 0.384 e. The van der Waals surface area contributed by atoms with Crippen LogP contribution in [0.15, 0.2) is 0 Å². The molecule has 4 nitrogen and oxygen atoms in total. The maximum Gasteiger partial charge on any atom is 0.330 e. The molecule has 0 spiro atoms. The molecule has 1 saturated heterocycles. The van der Waals surface area contributed by atoms with Crippen molar-refractivity contribution in [2.75, 3.05) is 26.8 Å². The van der Waals surface area contributed by atoms with Crippen LogP contribution in [0.3, 0.4) is 0 Å². The Balaban J connectivity index is 2.40. The van der Waals surface area contributed by atoms with E-state index in [1.165, 1.54) is 0 Å². The molecule has 1 unspecified atom stereocenters. The Hall–Kier alpha value is -0.610. The van der Waals surface area contributed by atoms with Crippen LogP contribution in [0.2, 0.25) is 0 Å². The molecule has 1 atom stereocenters. The molecule has 1 aliphatic heterocycles. The van der Waals surface area contributed by atoms with Gasteiger partial charge >= 0.3 is 5.97 Å². The molecule has 16 heavy (non-hydrogen) atoms. The van der Waals surface area contributed by atoms with Gasteiger partial charge in [0.1, 0.15) is 0 Å². The second kappa shape index (κ2) is 5.64. The lowest BCUT2D eigenvalue weighted by molar-refractivity contribution is -0.208. The Labute approximate surface area is 97.9 Å². The first-order valence-corrected chi connectivity index (χ1v) is 5.89. The van der Waals surface area contributed by atoms with Gasteiger partial charge in [0.2, 0.25) is 0 Å². The lowest BCUT2D eigenvalue weighted by Gasteiger charge is -2.32. The summed E-state index contributed by atoms with van der Waals surface area (Å²) in [5.74, 6) is 0.317. The van der Waals surface area contributed by atoms with E-state index in [1.54, 1.807) is 12.2 Å². The van der Waals surface area contributed by atoms with Crippen molar-refractivity contribution in [2.24, 2.45) is 11.3 Å². The van der Waals surface area contributed by atoms with Gasteiger partial charge in [0.05, 0.1) is 12.0 Å². The maximum atomic E-state index is 11.7.